The van der Waals surface area contributed by atoms with E-state index in [-0.39, 0.29) is 5.82 Å². The fourth-order valence-electron chi connectivity index (χ4n) is 1.59. The molecule has 0 heterocycles. The number of ether oxygens (including phenoxy) is 1. The molecule has 2 aromatic rings. The molecule has 0 saturated carbocycles. The van der Waals surface area contributed by atoms with Gasteiger partial charge in [0.2, 0.25) is 0 Å². The van der Waals surface area contributed by atoms with Crippen LogP contribution in [-0.2, 0) is 0 Å². The van der Waals surface area contributed by atoms with E-state index in [1.54, 1.807) is 6.07 Å². The van der Waals surface area contributed by atoms with Crippen LogP contribution in [0, 0.1) is 5.82 Å². The molecule has 0 aliphatic rings. The van der Waals surface area contributed by atoms with Crippen LogP contribution in [0.1, 0.15) is 6.42 Å². The molecule has 0 radical (unpaired) electrons. The summed E-state index contributed by atoms with van der Waals surface area (Å²) in [6, 6.07) is 10.4. The molecular formula is C13H12BrFO. The third-order valence-corrected chi connectivity index (χ3v) is 2.90. The Balaban J connectivity index is 2.30. The zero-order chi connectivity index (χ0) is 11.4. The number of rotatable bonds is 4. The number of alkyl halides is 1. The summed E-state index contributed by atoms with van der Waals surface area (Å²) in [6.45, 7) is 0.668. The van der Waals surface area contributed by atoms with Crippen LogP contribution in [-0.4, -0.2) is 11.9 Å². The molecule has 2 rings (SSSR count). The van der Waals surface area contributed by atoms with Gasteiger partial charge in [-0.15, -0.1) is 0 Å². The van der Waals surface area contributed by atoms with Gasteiger partial charge in [-0.1, -0.05) is 28.1 Å². The molecule has 1 nitrogen and oxygen atoms in total. The molecule has 0 unspecified atom stereocenters. The normalized spacial score (nSPS) is 10.6. The molecule has 0 aromatic heterocycles. The number of hydrogen-bond donors (Lipinski definition) is 0. The van der Waals surface area contributed by atoms with E-state index >= 15 is 0 Å². The van der Waals surface area contributed by atoms with E-state index in [0.29, 0.717) is 6.61 Å². The van der Waals surface area contributed by atoms with Crippen molar-refractivity contribution in [3.8, 4) is 5.75 Å². The largest absolute Gasteiger partial charge is 0.493 e. The van der Waals surface area contributed by atoms with Gasteiger partial charge in [0.25, 0.3) is 0 Å². The number of benzene rings is 2. The first-order valence-corrected chi connectivity index (χ1v) is 6.30. The lowest BCUT2D eigenvalue weighted by Gasteiger charge is -2.08. The molecule has 2 aromatic carbocycles. The summed E-state index contributed by atoms with van der Waals surface area (Å²) in [7, 11) is 0. The average Bonchev–Trinajstić information content (AvgIpc) is 2.29. The van der Waals surface area contributed by atoms with Crippen molar-refractivity contribution < 1.29 is 9.13 Å². The summed E-state index contributed by atoms with van der Waals surface area (Å²) in [5.74, 6) is 0.601. The Hall–Kier alpha value is -1.09. The van der Waals surface area contributed by atoms with Crippen molar-refractivity contribution >= 4 is 26.7 Å². The van der Waals surface area contributed by atoms with E-state index in [4.69, 9.17) is 4.74 Å². The van der Waals surface area contributed by atoms with Crippen LogP contribution < -0.4 is 4.74 Å². The second kappa shape index (κ2) is 5.30. The van der Waals surface area contributed by atoms with Gasteiger partial charge in [-0.25, -0.2) is 4.39 Å². The third-order valence-electron chi connectivity index (χ3n) is 2.34. The molecule has 0 amide bonds. The fourth-order valence-corrected chi connectivity index (χ4v) is 1.82. The second-order valence-electron chi connectivity index (χ2n) is 3.51. The molecule has 0 atom stereocenters. The Labute approximate surface area is 102 Å². The summed E-state index contributed by atoms with van der Waals surface area (Å²) >= 11 is 3.35. The van der Waals surface area contributed by atoms with Crippen LogP contribution in [0.25, 0.3) is 10.8 Å². The highest BCUT2D eigenvalue weighted by atomic mass is 79.9. The summed E-state index contributed by atoms with van der Waals surface area (Å²) in [5.41, 5.74) is 0. The topological polar surface area (TPSA) is 9.23 Å². The van der Waals surface area contributed by atoms with Crippen molar-refractivity contribution in [2.45, 2.75) is 6.42 Å². The molecule has 0 bridgehead atoms. The van der Waals surface area contributed by atoms with E-state index in [1.807, 2.05) is 18.2 Å². The highest BCUT2D eigenvalue weighted by molar-refractivity contribution is 9.09. The molecule has 0 aliphatic carbocycles. The monoisotopic (exact) mass is 282 g/mol. The van der Waals surface area contributed by atoms with Crippen LogP contribution >= 0.6 is 15.9 Å². The van der Waals surface area contributed by atoms with Gasteiger partial charge in [-0.2, -0.15) is 0 Å². The summed E-state index contributed by atoms with van der Waals surface area (Å²) in [5, 5.41) is 2.75. The number of fused-ring (bicyclic) bond motifs is 1. The Bertz CT molecular complexity index is 484. The van der Waals surface area contributed by atoms with Crippen molar-refractivity contribution in [3.63, 3.8) is 0 Å². The fraction of sp³-hybridized carbons (Fsp3) is 0.231. The lowest BCUT2D eigenvalue weighted by atomic mass is 10.1. The highest BCUT2D eigenvalue weighted by Gasteiger charge is 2.02. The average molecular weight is 283 g/mol. The minimum atomic E-state index is -0.217. The van der Waals surface area contributed by atoms with Crippen LogP contribution in [0.4, 0.5) is 4.39 Å². The van der Waals surface area contributed by atoms with Crippen molar-refractivity contribution in [1.29, 1.82) is 0 Å². The Morgan fingerprint density at radius 2 is 2.06 bits per heavy atom. The standard InChI is InChI=1S/C13H12BrFO/c14-7-2-8-16-13-4-1-3-10-9-11(15)5-6-12(10)13/h1,3-6,9H,2,7-8H2. The van der Waals surface area contributed by atoms with Crippen molar-refractivity contribution in [3.05, 3.63) is 42.2 Å². The number of hydrogen-bond acceptors (Lipinski definition) is 1. The molecule has 0 N–H and O–H groups in total. The first-order valence-electron chi connectivity index (χ1n) is 5.18. The van der Waals surface area contributed by atoms with E-state index in [1.165, 1.54) is 12.1 Å². The molecular weight excluding hydrogens is 271 g/mol. The van der Waals surface area contributed by atoms with Gasteiger partial charge < -0.3 is 4.74 Å². The minimum absolute atomic E-state index is 0.217. The van der Waals surface area contributed by atoms with Crippen LogP contribution in [0.5, 0.6) is 5.75 Å². The first-order chi connectivity index (χ1) is 7.81. The maximum atomic E-state index is 13.0. The molecule has 3 heteroatoms. The molecule has 84 valence electrons. The van der Waals surface area contributed by atoms with Crippen LogP contribution in [0.2, 0.25) is 0 Å². The summed E-state index contributed by atoms with van der Waals surface area (Å²) in [6.07, 6.45) is 0.956. The van der Waals surface area contributed by atoms with Crippen molar-refractivity contribution in [1.82, 2.24) is 0 Å². The van der Waals surface area contributed by atoms with E-state index in [2.05, 4.69) is 15.9 Å². The third kappa shape index (κ3) is 2.53. The molecule has 16 heavy (non-hydrogen) atoms. The molecule has 0 fully saturated rings. The smallest absolute Gasteiger partial charge is 0.127 e. The lowest BCUT2D eigenvalue weighted by Crippen LogP contribution is -1.98. The predicted molar refractivity (Wildman–Crippen MR) is 67.8 cm³/mol. The zero-order valence-corrected chi connectivity index (χ0v) is 10.3. The van der Waals surface area contributed by atoms with E-state index in [0.717, 1.165) is 28.3 Å². The van der Waals surface area contributed by atoms with Crippen molar-refractivity contribution in [2.24, 2.45) is 0 Å². The summed E-state index contributed by atoms with van der Waals surface area (Å²) < 4.78 is 18.7. The molecule has 0 aliphatic heterocycles. The van der Waals surface area contributed by atoms with E-state index in [9.17, 15) is 4.39 Å². The van der Waals surface area contributed by atoms with Gasteiger partial charge in [-0.05, 0) is 36.1 Å². The van der Waals surface area contributed by atoms with Gasteiger partial charge in [0.05, 0.1) is 6.61 Å². The molecule has 0 spiro atoms. The van der Waals surface area contributed by atoms with E-state index < -0.39 is 0 Å². The lowest BCUT2D eigenvalue weighted by molar-refractivity contribution is 0.323. The van der Waals surface area contributed by atoms with Crippen LogP contribution in [0.3, 0.4) is 0 Å². The molecule has 0 saturated heterocycles. The maximum absolute atomic E-state index is 13.0. The predicted octanol–water partition coefficient (Wildman–Crippen LogP) is 4.14. The first kappa shape index (κ1) is 11.4. The maximum Gasteiger partial charge on any atom is 0.127 e. The SMILES string of the molecule is Fc1ccc2c(OCCCBr)cccc2c1. The van der Waals surface area contributed by atoms with Gasteiger partial charge in [0.1, 0.15) is 11.6 Å². The highest BCUT2D eigenvalue weighted by Crippen LogP contribution is 2.26. The zero-order valence-electron chi connectivity index (χ0n) is 8.75. The van der Waals surface area contributed by atoms with Crippen molar-refractivity contribution in [2.75, 3.05) is 11.9 Å². The van der Waals surface area contributed by atoms with Gasteiger partial charge in [0, 0.05) is 10.7 Å². The Morgan fingerprint density at radius 3 is 2.88 bits per heavy atom. The second-order valence-corrected chi connectivity index (χ2v) is 4.31. The van der Waals surface area contributed by atoms with Crippen LogP contribution in [0.15, 0.2) is 36.4 Å². The Kier molecular flexibility index (Phi) is 3.78. The van der Waals surface area contributed by atoms with Gasteiger partial charge >= 0.3 is 0 Å². The quantitative estimate of drug-likeness (QED) is 0.605. The van der Waals surface area contributed by atoms with Gasteiger partial charge in [-0.3, -0.25) is 0 Å². The number of halogens is 2. The Morgan fingerprint density at radius 1 is 1.19 bits per heavy atom. The summed E-state index contributed by atoms with van der Waals surface area (Å²) in [4.78, 5) is 0. The van der Waals surface area contributed by atoms with Gasteiger partial charge in [0.15, 0.2) is 0 Å². The minimum Gasteiger partial charge on any atom is -0.493 e.